The van der Waals surface area contributed by atoms with Gasteiger partial charge in [-0.2, -0.15) is 9.50 Å². The van der Waals surface area contributed by atoms with Crippen LogP contribution in [-0.4, -0.2) is 38.4 Å². The van der Waals surface area contributed by atoms with E-state index in [9.17, 15) is 9.59 Å². The number of fused-ring (bicyclic) bond motifs is 1. The van der Waals surface area contributed by atoms with Crippen molar-refractivity contribution in [2.45, 2.75) is 31.3 Å². The molecule has 0 saturated carbocycles. The molecule has 2 rings (SSSR count). The quantitative estimate of drug-likeness (QED) is 0.671. The molecule has 2 aromatic rings. The number of nitrogens with zero attached hydrogens (tertiary/aromatic N) is 3. The Bertz CT molecular complexity index is 699. The Morgan fingerprint density at radius 3 is 2.75 bits per heavy atom. The van der Waals surface area contributed by atoms with E-state index in [2.05, 4.69) is 19.8 Å². The van der Waals surface area contributed by atoms with E-state index >= 15 is 0 Å². The first-order chi connectivity index (χ1) is 9.31. The Labute approximate surface area is 119 Å². The molecule has 0 aromatic carbocycles. The maximum atomic E-state index is 12.0. The maximum Gasteiger partial charge on any atom is 0.316 e. The second-order valence-corrected chi connectivity index (χ2v) is 6.22. The number of nitrogens with one attached hydrogen (secondary N) is 1. The monoisotopic (exact) mass is 296 g/mol. The van der Waals surface area contributed by atoms with Crippen LogP contribution in [0.5, 0.6) is 0 Å². The average Bonchev–Trinajstić information content (AvgIpc) is 2.78. The minimum atomic E-state index is -0.355. The van der Waals surface area contributed by atoms with Crippen LogP contribution in [0.4, 0.5) is 0 Å². The van der Waals surface area contributed by atoms with Gasteiger partial charge in [0.15, 0.2) is 5.16 Å². The largest absolute Gasteiger partial charge is 0.468 e. The maximum absolute atomic E-state index is 12.0. The van der Waals surface area contributed by atoms with Gasteiger partial charge in [-0.15, -0.1) is 0 Å². The molecule has 0 unspecified atom stereocenters. The minimum Gasteiger partial charge on any atom is -0.468 e. The van der Waals surface area contributed by atoms with Crippen LogP contribution in [0, 0.1) is 0 Å². The minimum absolute atomic E-state index is 0.122. The van der Waals surface area contributed by atoms with E-state index in [0.717, 1.165) is 11.8 Å². The third-order valence-electron chi connectivity index (χ3n) is 2.63. The number of esters is 1. The molecule has 2 heterocycles. The summed E-state index contributed by atoms with van der Waals surface area (Å²) in [5, 5.41) is 3.26. The predicted molar refractivity (Wildman–Crippen MR) is 75.0 cm³/mol. The van der Waals surface area contributed by atoms with Crippen LogP contribution in [0.3, 0.4) is 0 Å². The molecule has 7 nitrogen and oxygen atoms in total. The molecule has 8 heteroatoms. The van der Waals surface area contributed by atoms with Crippen molar-refractivity contribution in [2.75, 3.05) is 12.9 Å². The summed E-state index contributed by atoms with van der Waals surface area (Å²) in [7, 11) is 1.32. The van der Waals surface area contributed by atoms with Gasteiger partial charge >= 0.3 is 5.97 Å². The number of H-pyrrole nitrogens is 1. The molecule has 0 spiro atoms. The van der Waals surface area contributed by atoms with Gasteiger partial charge in [0.05, 0.1) is 18.6 Å². The van der Waals surface area contributed by atoms with Gasteiger partial charge < -0.3 is 4.74 Å². The van der Waals surface area contributed by atoms with E-state index in [4.69, 9.17) is 0 Å². The van der Waals surface area contributed by atoms with E-state index in [-0.39, 0.29) is 22.7 Å². The highest BCUT2D eigenvalue weighted by molar-refractivity contribution is 7.99. The fourth-order valence-electron chi connectivity index (χ4n) is 1.50. The van der Waals surface area contributed by atoms with Crippen LogP contribution < -0.4 is 5.56 Å². The number of hydrogen-bond donors (Lipinski definition) is 1. The first kappa shape index (κ1) is 14.6. The number of ether oxygens (including phenoxy) is 1. The van der Waals surface area contributed by atoms with E-state index in [1.807, 2.05) is 20.8 Å². The molecule has 0 amide bonds. The summed E-state index contributed by atoms with van der Waals surface area (Å²) in [6.45, 7) is 5.93. The number of aromatic nitrogens is 4. The molecule has 20 heavy (non-hydrogen) atoms. The van der Waals surface area contributed by atoms with Gasteiger partial charge in [0.25, 0.3) is 11.3 Å². The highest BCUT2D eigenvalue weighted by Crippen LogP contribution is 2.19. The summed E-state index contributed by atoms with van der Waals surface area (Å²) < 4.78 is 5.81. The molecule has 0 aliphatic rings. The second kappa shape index (κ2) is 5.28. The lowest BCUT2D eigenvalue weighted by atomic mass is 9.92. The molecule has 0 saturated heterocycles. The first-order valence-corrected chi connectivity index (χ1v) is 7.00. The van der Waals surface area contributed by atoms with Crippen molar-refractivity contribution in [3.05, 3.63) is 22.1 Å². The van der Waals surface area contributed by atoms with Gasteiger partial charge in [-0.3, -0.25) is 14.7 Å². The lowest BCUT2D eigenvalue weighted by Gasteiger charge is -2.16. The van der Waals surface area contributed by atoms with Gasteiger partial charge in [-0.1, -0.05) is 32.5 Å². The van der Waals surface area contributed by atoms with Gasteiger partial charge in [-0.05, 0) is 0 Å². The van der Waals surface area contributed by atoms with Gasteiger partial charge in [0.1, 0.15) is 0 Å². The molecule has 1 N–H and O–H groups in total. The third-order valence-corrected chi connectivity index (χ3v) is 3.47. The Balaban J connectivity index is 2.36. The summed E-state index contributed by atoms with van der Waals surface area (Å²) in [6.07, 6.45) is 0. The van der Waals surface area contributed by atoms with E-state index in [1.165, 1.54) is 17.7 Å². The molecule has 0 fully saturated rings. The summed E-state index contributed by atoms with van der Waals surface area (Å²) in [5.41, 5.74) is 0.225. The van der Waals surface area contributed by atoms with Crippen LogP contribution in [0.2, 0.25) is 0 Å². The Hall–Kier alpha value is -1.83. The highest BCUT2D eigenvalue weighted by Gasteiger charge is 2.18. The summed E-state index contributed by atoms with van der Waals surface area (Å²) in [6, 6.07) is 1.49. The number of carbonyl (C=O) groups is 1. The zero-order valence-electron chi connectivity index (χ0n) is 11.8. The van der Waals surface area contributed by atoms with Crippen molar-refractivity contribution in [1.29, 1.82) is 0 Å². The van der Waals surface area contributed by atoms with Crippen molar-refractivity contribution in [3.8, 4) is 0 Å². The molecule has 0 atom stereocenters. The highest BCUT2D eigenvalue weighted by atomic mass is 32.2. The van der Waals surface area contributed by atoms with Crippen molar-refractivity contribution >= 4 is 23.5 Å². The molecule has 108 valence electrons. The van der Waals surface area contributed by atoms with E-state index in [0.29, 0.717) is 16.6 Å². The Morgan fingerprint density at radius 2 is 2.15 bits per heavy atom. The molecular formula is C12H16N4O3S. The zero-order valence-corrected chi connectivity index (χ0v) is 12.6. The topological polar surface area (TPSA) is 89.3 Å². The molecular weight excluding hydrogens is 280 g/mol. The molecule has 0 radical (unpaired) electrons. The molecule has 0 aliphatic heterocycles. The SMILES string of the molecule is COC(=O)CSc1nc2nc(C(C)(C)C)cc(=O)n2[nH]1. The smallest absolute Gasteiger partial charge is 0.316 e. The van der Waals surface area contributed by atoms with Gasteiger partial charge in [-0.25, -0.2) is 4.98 Å². The van der Waals surface area contributed by atoms with Gasteiger partial charge in [0.2, 0.25) is 0 Å². The third kappa shape index (κ3) is 3.01. The Morgan fingerprint density at radius 1 is 1.45 bits per heavy atom. The second-order valence-electron chi connectivity index (χ2n) is 5.26. The van der Waals surface area contributed by atoms with E-state index in [1.54, 1.807) is 0 Å². The normalized spacial score (nSPS) is 11.8. The number of carbonyl (C=O) groups excluding carboxylic acids is 1. The molecule has 0 bridgehead atoms. The van der Waals surface area contributed by atoms with Crippen LogP contribution >= 0.6 is 11.8 Å². The average molecular weight is 296 g/mol. The zero-order chi connectivity index (χ0) is 14.9. The predicted octanol–water partition coefficient (Wildman–Crippen LogP) is 0.980. The first-order valence-electron chi connectivity index (χ1n) is 6.01. The van der Waals surface area contributed by atoms with Crippen LogP contribution in [0.25, 0.3) is 5.78 Å². The van der Waals surface area contributed by atoms with Crippen molar-refractivity contribution in [3.63, 3.8) is 0 Å². The summed E-state index contributed by atoms with van der Waals surface area (Å²) in [4.78, 5) is 31.7. The lowest BCUT2D eigenvalue weighted by Crippen LogP contribution is -2.22. The van der Waals surface area contributed by atoms with Crippen molar-refractivity contribution < 1.29 is 9.53 Å². The molecule has 0 aliphatic carbocycles. The van der Waals surface area contributed by atoms with Crippen molar-refractivity contribution in [2.24, 2.45) is 0 Å². The number of methoxy groups -OCH3 is 1. The Kier molecular flexibility index (Phi) is 3.85. The van der Waals surface area contributed by atoms with E-state index < -0.39 is 0 Å². The van der Waals surface area contributed by atoms with Crippen LogP contribution in [0.15, 0.2) is 16.0 Å². The van der Waals surface area contributed by atoms with Crippen LogP contribution in [-0.2, 0) is 14.9 Å². The fourth-order valence-corrected chi connectivity index (χ4v) is 2.17. The summed E-state index contributed by atoms with van der Waals surface area (Å²) >= 11 is 1.16. The van der Waals surface area contributed by atoms with Crippen LogP contribution in [0.1, 0.15) is 26.5 Å². The lowest BCUT2D eigenvalue weighted by molar-refractivity contribution is -0.137. The van der Waals surface area contributed by atoms with Gasteiger partial charge in [0, 0.05) is 11.5 Å². The summed E-state index contributed by atoms with van der Waals surface area (Å²) in [5.74, 6) is 0.0675. The number of thioether (sulfide) groups is 1. The standard InChI is InChI=1S/C12H16N4O3S/c1-12(2,3)7-5-8(17)16-10(13-7)14-11(15-16)20-6-9(18)19-4/h5H,6H2,1-4H3,(H,13,14,15). The molecule has 2 aromatic heterocycles. The fraction of sp³-hybridized carbons (Fsp3) is 0.500. The number of aromatic amines is 1. The number of rotatable bonds is 3. The van der Waals surface area contributed by atoms with Crippen molar-refractivity contribution in [1.82, 2.24) is 19.6 Å². The number of hydrogen-bond acceptors (Lipinski definition) is 6.